The van der Waals surface area contributed by atoms with Crippen LogP contribution in [0.2, 0.25) is 0 Å². The molecule has 208 valence electrons. The Hall–Kier alpha value is -3.23. The SMILES string of the molecule is CC(=O)N1CC[C@@H]2CC[C@H](CN(C(=O)CN3CCC(C(N)=O)CC3)Cc3ccccc31)N2Cc1ccccc1. The van der Waals surface area contributed by atoms with Crippen LogP contribution in [0.4, 0.5) is 5.69 Å². The Morgan fingerprint density at radius 1 is 0.846 bits per heavy atom. The molecule has 0 spiro atoms. The van der Waals surface area contributed by atoms with Gasteiger partial charge in [-0.15, -0.1) is 0 Å². The first-order valence-electron chi connectivity index (χ1n) is 14.3. The zero-order valence-corrected chi connectivity index (χ0v) is 23.0. The number of primary amides is 1. The fourth-order valence-corrected chi connectivity index (χ4v) is 6.59. The lowest BCUT2D eigenvalue weighted by atomic mass is 9.96. The molecule has 5 rings (SSSR count). The van der Waals surface area contributed by atoms with E-state index in [2.05, 4.69) is 34.1 Å². The highest BCUT2D eigenvalue weighted by Gasteiger charge is 2.37. The van der Waals surface area contributed by atoms with Crippen molar-refractivity contribution >= 4 is 23.4 Å². The molecule has 2 fully saturated rings. The van der Waals surface area contributed by atoms with Gasteiger partial charge in [-0.3, -0.25) is 24.2 Å². The van der Waals surface area contributed by atoms with E-state index < -0.39 is 0 Å². The number of piperidine rings is 1. The van der Waals surface area contributed by atoms with Gasteiger partial charge >= 0.3 is 0 Å². The highest BCUT2D eigenvalue weighted by atomic mass is 16.2. The number of nitrogens with zero attached hydrogens (tertiary/aromatic N) is 4. The second-order valence-corrected chi connectivity index (χ2v) is 11.4. The number of amides is 3. The van der Waals surface area contributed by atoms with Crippen LogP contribution in [-0.4, -0.2) is 77.2 Å². The fraction of sp³-hybridized carbons (Fsp3) is 0.516. The van der Waals surface area contributed by atoms with Crippen LogP contribution in [0.15, 0.2) is 54.6 Å². The third kappa shape index (κ3) is 6.50. The van der Waals surface area contributed by atoms with Gasteiger partial charge in [0.2, 0.25) is 17.7 Å². The molecule has 0 saturated carbocycles. The number of likely N-dealkylation sites (tertiary alicyclic amines) is 1. The van der Waals surface area contributed by atoms with E-state index in [-0.39, 0.29) is 29.7 Å². The Balaban J connectivity index is 1.42. The maximum atomic E-state index is 13.9. The summed E-state index contributed by atoms with van der Waals surface area (Å²) < 4.78 is 0. The smallest absolute Gasteiger partial charge is 0.237 e. The number of carbonyl (C=O) groups excluding carboxylic acids is 3. The lowest BCUT2D eigenvalue weighted by Gasteiger charge is -2.35. The topological polar surface area (TPSA) is 90.2 Å². The third-order valence-electron chi connectivity index (χ3n) is 8.82. The molecule has 2 saturated heterocycles. The second-order valence-electron chi connectivity index (χ2n) is 11.4. The van der Waals surface area contributed by atoms with Gasteiger partial charge in [-0.1, -0.05) is 48.5 Å². The summed E-state index contributed by atoms with van der Waals surface area (Å²) in [7, 11) is 0. The summed E-state index contributed by atoms with van der Waals surface area (Å²) in [6.45, 7) is 6.00. The molecular weight excluding hydrogens is 490 g/mol. The molecule has 2 aromatic rings. The van der Waals surface area contributed by atoms with Crippen LogP contribution >= 0.6 is 0 Å². The predicted molar refractivity (Wildman–Crippen MR) is 152 cm³/mol. The number of rotatable bonds is 5. The average Bonchev–Trinajstić information content (AvgIpc) is 3.29. The van der Waals surface area contributed by atoms with Crippen molar-refractivity contribution in [2.75, 3.05) is 37.6 Å². The van der Waals surface area contributed by atoms with Crippen molar-refractivity contribution in [2.24, 2.45) is 11.7 Å². The van der Waals surface area contributed by atoms with Crippen LogP contribution in [0.5, 0.6) is 0 Å². The minimum Gasteiger partial charge on any atom is -0.369 e. The molecule has 2 N–H and O–H groups in total. The Kier molecular flexibility index (Phi) is 8.63. The molecule has 0 aliphatic carbocycles. The van der Waals surface area contributed by atoms with Gasteiger partial charge < -0.3 is 15.5 Å². The van der Waals surface area contributed by atoms with Crippen molar-refractivity contribution in [3.8, 4) is 0 Å². The Morgan fingerprint density at radius 2 is 1.54 bits per heavy atom. The van der Waals surface area contributed by atoms with Crippen LogP contribution in [-0.2, 0) is 27.5 Å². The molecule has 3 amide bonds. The van der Waals surface area contributed by atoms with Gasteiger partial charge in [0.05, 0.1) is 6.54 Å². The Morgan fingerprint density at radius 3 is 2.26 bits per heavy atom. The summed E-state index contributed by atoms with van der Waals surface area (Å²) >= 11 is 0. The van der Waals surface area contributed by atoms with E-state index in [0.717, 1.165) is 37.1 Å². The monoisotopic (exact) mass is 531 g/mol. The largest absolute Gasteiger partial charge is 0.369 e. The van der Waals surface area contributed by atoms with Crippen LogP contribution < -0.4 is 10.6 Å². The average molecular weight is 532 g/mol. The molecule has 2 bridgehead atoms. The molecule has 8 heteroatoms. The zero-order chi connectivity index (χ0) is 27.4. The second kappa shape index (κ2) is 12.3. The first kappa shape index (κ1) is 27.3. The number of hydrogen-bond acceptors (Lipinski definition) is 5. The summed E-state index contributed by atoms with van der Waals surface area (Å²) in [4.78, 5) is 47.0. The van der Waals surface area contributed by atoms with E-state index in [1.54, 1.807) is 6.92 Å². The number of carbonyl (C=O) groups is 3. The molecule has 2 atom stereocenters. The highest BCUT2D eigenvalue weighted by molar-refractivity contribution is 5.92. The van der Waals surface area contributed by atoms with Gasteiger partial charge in [0.15, 0.2) is 0 Å². The van der Waals surface area contributed by atoms with Crippen LogP contribution in [0.25, 0.3) is 0 Å². The highest BCUT2D eigenvalue weighted by Crippen LogP contribution is 2.32. The molecule has 0 radical (unpaired) electrons. The molecule has 39 heavy (non-hydrogen) atoms. The lowest BCUT2D eigenvalue weighted by molar-refractivity contribution is -0.134. The quantitative estimate of drug-likeness (QED) is 0.641. The van der Waals surface area contributed by atoms with Crippen molar-refractivity contribution in [3.63, 3.8) is 0 Å². The van der Waals surface area contributed by atoms with Crippen molar-refractivity contribution in [1.82, 2.24) is 14.7 Å². The van der Waals surface area contributed by atoms with Crippen LogP contribution in [0.1, 0.15) is 50.2 Å². The van der Waals surface area contributed by atoms with E-state index in [9.17, 15) is 14.4 Å². The molecule has 2 aromatic carbocycles. The van der Waals surface area contributed by atoms with Gasteiger partial charge in [-0.25, -0.2) is 0 Å². The first-order chi connectivity index (χ1) is 18.9. The normalized spacial score (nSPS) is 23.2. The van der Waals surface area contributed by atoms with Crippen LogP contribution in [0, 0.1) is 5.92 Å². The maximum absolute atomic E-state index is 13.9. The van der Waals surface area contributed by atoms with Crippen molar-refractivity contribution in [1.29, 1.82) is 0 Å². The number of fused-ring (bicyclic) bond motifs is 3. The molecule has 8 nitrogen and oxygen atoms in total. The summed E-state index contributed by atoms with van der Waals surface area (Å²) in [5.74, 6) is -0.213. The number of hydrogen-bond donors (Lipinski definition) is 1. The molecule has 3 aliphatic heterocycles. The number of para-hydroxylation sites is 1. The van der Waals surface area contributed by atoms with E-state index >= 15 is 0 Å². The summed E-state index contributed by atoms with van der Waals surface area (Å²) in [6, 6.07) is 19.2. The zero-order valence-electron chi connectivity index (χ0n) is 23.0. The molecular formula is C31H41N5O3. The van der Waals surface area contributed by atoms with E-state index in [1.807, 2.05) is 40.1 Å². The summed E-state index contributed by atoms with van der Waals surface area (Å²) in [6.07, 6.45) is 4.41. The standard InChI is InChI=1S/C31H41N5O3/c1-23(37)35-18-15-27-11-12-28(36(27)19-24-7-3-2-4-8-24)21-34(20-26-9-5-6-10-29(26)35)30(38)22-33-16-13-25(14-17-33)31(32)39/h2-10,25,27-28H,11-22H2,1H3,(H2,32,39)/t27-,28+/m0/s1. The number of anilines is 1. The van der Waals surface area contributed by atoms with E-state index in [4.69, 9.17) is 5.73 Å². The summed E-state index contributed by atoms with van der Waals surface area (Å²) in [5, 5.41) is 0. The fourth-order valence-electron chi connectivity index (χ4n) is 6.59. The van der Waals surface area contributed by atoms with Gasteiger partial charge in [0.25, 0.3) is 0 Å². The molecule has 3 heterocycles. The third-order valence-corrected chi connectivity index (χ3v) is 8.82. The maximum Gasteiger partial charge on any atom is 0.237 e. The first-order valence-corrected chi connectivity index (χ1v) is 14.3. The van der Waals surface area contributed by atoms with E-state index in [1.165, 1.54) is 5.56 Å². The minimum absolute atomic E-state index is 0.0288. The van der Waals surface area contributed by atoms with Gasteiger partial charge in [-0.05, 0) is 62.4 Å². The van der Waals surface area contributed by atoms with E-state index in [0.29, 0.717) is 58.2 Å². The van der Waals surface area contributed by atoms with Gasteiger partial charge in [-0.2, -0.15) is 0 Å². The Bertz CT molecular complexity index is 1160. The lowest BCUT2D eigenvalue weighted by Crippen LogP contribution is -2.48. The van der Waals surface area contributed by atoms with Gasteiger partial charge in [0, 0.05) is 56.8 Å². The van der Waals surface area contributed by atoms with Crippen LogP contribution in [0.3, 0.4) is 0 Å². The number of nitrogens with two attached hydrogens (primary N) is 1. The predicted octanol–water partition coefficient (Wildman–Crippen LogP) is 3.00. The Labute approximate surface area is 231 Å². The van der Waals surface area contributed by atoms with Crippen molar-refractivity contribution in [2.45, 2.75) is 64.2 Å². The van der Waals surface area contributed by atoms with Gasteiger partial charge in [0.1, 0.15) is 0 Å². The summed E-state index contributed by atoms with van der Waals surface area (Å²) in [5.41, 5.74) is 8.69. The number of benzene rings is 2. The molecule has 0 unspecified atom stereocenters. The molecule has 0 aromatic heterocycles. The minimum atomic E-state index is -0.242. The van der Waals surface area contributed by atoms with Crippen molar-refractivity contribution < 1.29 is 14.4 Å². The molecule has 3 aliphatic rings. The van der Waals surface area contributed by atoms with Crippen molar-refractivity contribution in [3.05, 3.63) is 65.7 Å².